The van der Waals surface area contributed by atoms with E-state index >= 15 is 0 Å². The zero-order chi connectivity index (χ0) is 12.4. The van der Waals surface area contributed by atoms with Gasteiger partial charge in [-0.15, -0.1) is 0 Å². The monoisotopic (exact) mass is 228 g/mol. The number of ether oxygens (including phenoxy) is 1. The maximum Gasteiger partial charge on any atom is 0.311 e. The molecule has 0 N–H and O–H groups in total. The van der Waals surface area contributed by atoms with Crippen LogP contribution in [-0.4, -0.2) is 12.6 Å². The first-order valence-electron chi connectivity index (χ1n) is 6.71. The third kappa shape index (κ3) is 6.86. The Labute approximate surface area is 101 Å². The van der Waals surface area contributed by atoms with Crippen LogP contribution in [0.3, 0.4) is 0 Å². The quantitative estimate of drug-likeness (QED) is 0.434. The predicted molar refractivity (Wildman–Crippen MR) is 68.4 cm³/mol. The lowest BCUT2D eigenvalue weighted by atomic mass is 9.87. The summed E-state index contributed by atoms with van der Waals surface area (Å²) in [4.78, 5) is 11.6. The summed E-state index contributed by atoms with van der Waals surface area (Å²) in [6.07, 6.45) is 8.56. The molecule has 0 aliphatic heterocycles. The fourth-order valence-corrected chi connectivity index (χ4v) is 1.78. The number of hydrogen-bond acceptors (Lipinski definition) is 2. The molecular formula is C14H28O2. The fourth-order valence-electron chi connectivity index (χ4n) is 1.78. The molecule has 0 aromatic carbocycles. The van der Waals surface area contributed by atoms with Crippen molar-refractivity contribution in [1.82, 2.24) is 0 Å². The van der Waals surface area contributed by atoms with E-state index in [1.54, 1.807) is 0 Å². The number of carbonyl (C=O) groups is 1. The van der Waals surface area contributed by atoms with Gasteiger partial charge in [0.25, 0.3) is 0 Å². The Balaban J connectivity index is 3.61. The summed E-state index contributed by atoms with van der Waals surface area (Å²) < 4.78 is 5.06. The molecular weight excluding hydrogens is 200 g/mol. The highest BCUT2D eigenvalue weighted by Gasteiger charge is 2.28. The molecule has 0 spiro atoms. The van der Waals surface area contributed by atoms with Crippen LogP contribution in [0.4, 0.5) is 0 Å². The summed E-state index contributed by atoms with van der Waals surface area (Å²) >= 11 is 0. The maximum atomic E-state index is 11.6. The molecule has 0 rings (SSSR count). The van der Waals surface area contributed by atoms with Gasteiger partial charge in [-0.2, -0.15) is 0 Å². The predicted octanol–water partition coefficient (Wildman–Crippen LogP) is 4.33. The van der Waals surface area contributed by atoms with Crippen LogP contribution < -0.4 is 0 Å². The number of hydrogen-bond donors (Lipinski definition) is 0. The van der Waals surface area contributed by atoms with Gasteiger partial charge >= 0.3 is 5.97 Å². The molecule has 0 aromatic rings. The Morgan fingerprint density at radius 2 is 1.56 bits per heavy atom. The van der Waals surface area contributed by atoms with Crippen LogP contribution in [0.5, 0.6) is 0 Å². The summed E-state index contributed by atoms with van der Waals surface area (Å²) in [5, 5.41) is 0. The van der Waals surface area contributed by atoms with Crippen LogP contribution in [0.2, 0.25) is 0 Å². The van der Waals surface area contributed by atoms with Gasteiger partial charge in [0, 0.05) is 0 Å². The lowest BCUT2D eigenvalue weighted by Gasteiger charge is -2.21. The van der Waals surface area contributed by atoms with Crippen LogP contribution >= 0.6 is 0 Å². The van der Waals surface area contributed by atoms with Crippen molar-refractivity contribution in [1.29, 1.82) is 0 Å². The minimum Gasteiger partial charge on any atom is -0.466 e. The van der Waals surface area contributed by atoms with Crippen molar-refractivity contribution < 1.29 is 9.53 Å². The first-order chi connectivity index (χ1) is 7.54. The van der Waals surface area contributed by atoms with E-state index in [0.29, 0.717) is 6.61 Å². The molecule has 0 amide bonds. The maximum absolute atomic E-state index is 11.6. The zero-order valence-electron chi connectivity index (χ0n) is 11.5. The molecule has 0 aromatic heterocycles. The van der Waals surface area contributed by atoms with Crippen LogP contribution in [0.15, 0.2) is 0 Å². The molecule has 0 atom stereocenters. The second-order valence-electron chi connectivity index (χ2n) is 5.12. The van der Waals surface area contributed by atoms with E-state index in [2.05, 4.69) is 6.92 Å². The van der Waals surface area contributed by atoms with E-state index in [9.17, 15) is 4.79 Å². The van der Waals surface area contributed by atoms with E-state index < -0.39 is 0 Å². The first-order valence-corrected chi connectivity index (χ1v) is 6.71. The smallest absolute Gasteiger partial charge is 0.311 e. The summed E-state index contributed by atoms with van der Waals surface area (Å²) in [6, 6.07) is 0. The van der Waals surface area contributed by atoms with Gasteiger partial charge in [-0.3, -0.25) is 4.79 Å². The van der Waals surface area contributed by atoms with E-state index in [-0.39, 0.29) is 11.4 Å². The highest BCUT2D eigenvalue weighted by atomic mass is 16.5. The summed E-state index contributed by atoms with van der Waals surface area (Å²) in [6.45, 7) is 8.54. The van der Waals surface area contributed by atoms with Gasteiger partial charge in [-0.1, -0.05) is 45.4 Å². The number of esters is 1. The number of carbonyl (C=O) groups excluding carboxylic acids is 1. The lowest BCUT2D eigenvalue weighted by Crippen LogP contribution is -2.26. The van der Waals surface area contributed by atoms with E-state index in [0.717, 1.165) is 12.8 Å². The molecule has 0 saturated heterocycles. The number of unbranched alkanes of at least 4 members (excludes halogenated alkanes) is 5. The zero-order valence-corrected chi connectivity index (χ0v) is 11.5. The van der Waals surface area contributed by atoms with Gasteiger partial charge in [0.15, 0.2) is 0 Å². The molecule has 2 heteroatoms. The first kappa shape index (κ1) is 15.5. The molecule has 0 heterocycles. The van der Waals surface area contributed by atoms with Crippen LogP contribution in [0.25, 0.3) is 0 Å². The van der Waals surface area contributed by atoms with Crippen molar-refractivity contribution in [3.63, 3.8) is 0 Å². The highest BCUT2D eigenvalue weighted by Crippen LogP contribution is 2.25. The Hall–Kier alpha value is -0.530. The van der Waals surface area contributed by atoms with Gasteiger partial charge in [-0.25, -0.2) is 0 Å². The van der Waals surface area contributed by atoms with Gasteiger partial charge < -0.3 is 4.74 Å². The molecule has 16 heavy (non-hydrogen) atoms. The average Bonchev–Trinajstić information content (AvgIpc) is 2.23. The SMILES string of the molecule is CCCCCCCCC(C)(C)C(=O)OCC. The van der Waals surface area contributed by atoms with E-state index in [1.165, 1.54) is 32.1 Å². The number of rotatable bonds is 9. The van der Waals surface area contributed by atoms with Crippen molar-refractivity contribution in [3.8, 4) is 0 Å². The molecule has 0 saturated carbocycles. The van der Waals surface area contributed by atoms with Crippen molar-refractivity contribution in [3.05, 3.63) is 0 Å². The minimum absolute atomic E-state index is 0.0523. The topological polar surface area (TPSA) is 26.3 Å². The Morgan fingerprint density at radius 3 is 2.12 bits per heavy atom. The summed E-state index contributed by atoms with van der Waals surface area (Å²) in [5.41, 5.74) is -0.305. The van der Waals surface area contributed by atoms with Gasteiger partial charge in [0.1, 0.15) is 0 Å². The Morgan fingerprint density at radius 1 is 1.00 bits per heavy atom. The molecule has 0 bridgehead atoms. The third-order valence-corrected chi connectivity index (χ3v) is 2.98. The molecule has 0 aliphatic carbocycles. The normalized spacial score (nSPS) is 11.5. The lowest BCUT2D eigenvalue weighted by molar-refractivity contribution is -0.153. The van der Waals surface area contributed by atoms with Crippen molar-refractivity contribution in [2.45, 2.75) is 72.6 Å². The molecule has 0 fully saturated rings. The second kappa shape index (κ2) is 8.60. The summed E-state index contributed by atoms with van der Waals surface area (Å²) in [7, 11) is 0. The molecule has 0 unspecified atom stereocenters. The molecule has 2 nitrogen and oxygen atoms in total. The largest absolute Gasteiger partial charge is 0.466 e. The molecule has 96 valence electrons. The van der Waals surface area contributed by atoms with Crippen LogP contribution in [0, 0.1) is 5.41 Å². The average molecular weight is 228 g/mol. The summed E-state index contributed by atoms with van der Waals surface area (Å²) in [5.74, 6) is -0.0523. The fraction of sp³-hybridized carbons (Fsp3) is 0.929. The van der Waals surface area contributed by atoms with E-state index in [1.807, 2.05) is 20.8 Å². The van der Waals surface area contributed by atoms with Crippen molar-refractivity contribution in [2.75, 3.05) is 6.61 Å². The highest BCUT2D eigenvalue weighted by molar-refractivity contribution is 5.75. The third-order valence-electron chi connectivity index (χ3n) is 2.98. The van der Waals surface area contributed by atoms with Gasteiger partial charge in [0.05, 0.1) is 12.0 Å². The Bertz CT molecular complexity index is 185. The van der Waals surface area contributed by atoms with Crippen molar-refractivity contribution >= 4 is 5.97 Å². The van der Waals surface area contributed by atoms with Crippen LogP contribution in [-0.2, 0) is 9.53 Å². The molecule has 0 radical (unpaired) electrons. The van der Waals surface area contributed by atoms with Crippen molar-refractivity contribution in [2.24, 2.45) is 5.41 Å². The second-order valence-corrected chi connectivity index (χ2v) is 5.12. The standard InChI is InChI=1S/C14H28O2/c1-5-7-8-9-10-11-12-14(3,4)13(15)16-6-2/h5-12H2,1-4H3. The van der Waals surface area contributed by atoms with E-state index in [4.69, 9.17) is 4.74 Å². The Kier molecular flexibility index (Phi) is 8.32. The molecule has 0 aliphatic rings. The minimum atomic E-state index is -0.305. The van der Waals surface area contributed by atoms with Gasteiger partial charge in [0.2, 0.25) is 0 Å². The van der Waals surface area contributed by atoms with Gasteiger partial charge in [-0.05, 0) is 27.2 Å². The van der Waals surface area contributed by atoms with Crippen LogP contribution in [0.1, 0.15) is 72.6 Å².